The van der Waals surface area contributed by atoms with E-state index in [2.05, 4.69) is 45.9 Å². The van der Waals surface area contributed by atoms with E-state index in [9.17, 15) is 0 Å². The lowest BCUT2D eigenvalue weighted by molar-refractivity contribution is 0.0434. The van der Waals surface area contributed by atoms with E-state index in [1.54, 1.807) is 0 Å². The molecule has 17 heavy (non-hydrogen) atoms. The molecule has 1 heteroatoms. The standard InChI is InChI=1S/C16H25N/c1-5-16(6-2)14(10-15(16)17)13-9-11(3)7-8-12(13)4/h7-9,14-15H,5-6,10,17H2,1-4H3. The fourth-order valence-electron chi connectivity index (χ4n) is 3.66. The Labute approximate surface area is 105 Å². The number of benzene rings is 1. The summed E-state index contributed by atoms with van der Waals surface area (Å²) in [5.41, 5.74) is 11.0. The summed E-state index contributed by atoms with van der Waals surface area (Å²) in [5, 5.41) is 0. The van der Waals surface area contributed by atoms with Crippen LogP contribution < -0.4 is 5.73 Å². The Morgan fingerprint density at radius 1 is 1.24 bits per heavy atom. The molecule has 1 saturated carbocycles. The van der Waals surface area contributed by atoms with E-state index in [4.69, 9.17) is 5.73 Å². The van der Waals surface area contributed by atoms with Crippen molar-refractivity contribution in [3.63, 3.8) is 0 Å². The Hall–Kier alpha value is -0.820. The van der Waals surface area contributed by atoms with Crippen LogP contribution in [0.4, 0.5) is 0 Å². The van der Waals surface area contributed by atoms with Gasteiger partial charge in [0.2, 0.25) is 0 Å². The molecule has 0 radical (unpaired) electrons. The average molecular weight is 231 g/mol. The van der Waals surface area contributed by atoms with Gasteiger partial charge >= 0.3 is 0 Å². The summed E-state index contributed by atoms with van der Waals surface area (Å²) in [6.45, 7) is 9.00. The number of rotatable bonds is 3. The molecule has 1 aromatic rings. The van der Waals surface area contributed by atoms with E-state index in [1.165, 1.54) is 29.5 Å². The first-order chi connectivity index (χ1) is 8.05. The third kappa shape index (κ3) is 1.81. The summed E-state index contributed by atoms with van der Waals surface area (Å²) in [4.78, 5) is 0. The monoisotopic (exact) mass is 231 g/mol. The number of hydrogen-bond acceptors (Lipinski definition) is 1. The largest absolute Gasteiger partial charge is 0.327 e. The molecule has 2 unspecified atom stereocenters. The summed E-state index contributed by atoms with van der Waals surface area (Å²) in [6.07, 6.45) is 3.55. The van der Waals surface area contributed by atoms with Crippen molar-refractivity contribution >= 4 is 0 Å². The van der Waals surface area contributed by atoms with Crippen LogP contribution in [0.1, 0.15) is 55.7 Å². The van der Waals surface area contributed by atoms with Gasteiger partial charge in [0.25, 0.3) is 0 Å². The van der Waals surface area contributed by atoms with Gasteiger partial charge in [0.05, 0.1) is 0 Å². The van der Waals surface area contributed by atoms with Gasteiger partial charge in [-0.2, -0.15) is 0 Å². The van der Waals surface area contributed by atoms with E-state index < -0.39 is 0 Å². The van der Waals surface area contributed by atoms with E-state index >= 15 is 0 Å². The van der Waals surface area contributed by atoms with E-state index in [0.717, 1.165) is 6.42 Å². The maximum Gasteiger partial charge on any atom is 0.0107 e. The zero-order chi connectivity index (χ0) is 12.6. The summed E-state index contributed by atoms with van der Waals surface area (Å²) in [5.74, 6) is 0.674. The lowest BCUT2D eigenvalue weighted by atomic mass is 9.51. The molecule has 0 amide bonds. The third-order valence-corrected chi connectivity index (χ3v) is 5.05. The van der Waals surface area contributed by atoms with Gasteiger partial charge < -0.3 is 5.73 Å². The first-order valence-electron chi connectivity index (χ1n) is 6.88. The molecule has 0 saturated heterocycles. The number of nitrogens with two attached hydrogens (primary N) is 1. The summed E-state index contributed by atoms with van der Waals surface area (Å²) in [7, 11) is 0. The molecular formula is C16H25N. The van der Waals surface area contributed by atoms with Crippen molar-refractivity contribution in [2.75, 3.05) is 0 Å². The van der Waals surface area contributed by atoms with Crippen molar-refractivity contribution in [1.82, 2.24) is 0 Å². The minimum absolute atomic E-state index is 0.346. The quantitative estimate of drug-likeness (QED) is 0.838. The Bertz CT molecular complexity index is 404. The maximum absolute atomic E-state index is 6.29. The molecule has 1 aromatic carbocycles. The van der Waals surface area contributed by atoms with Crippen molar-refractivity contribution in [1.29, 1.82) is 0 Å². The second-order valence-corrected chi connectivity index (χ2v) is 5.70. The van der Waals surface area contributed by atoms with Gasteiger partial charge in [-0.05, 0) is 55.6 Å². The second kappa shape index (κ2) is 4.45. The fraction of sp³-hybridized carbons (Fsp3) is 0.625. The lowest BCUT2D eigenvalue weighted by Gasteiger charge is -2.55. The van der Waals surface area contributed by atoms with Crippen LogP contribution in [0.2, 0.25) is 0 Å². The van der Waals surface area contributed by atoms with Gasteiger partial charge in [-0.25, -0.2) is 0 Å². The van der Waals surface area contributed by atoms with Crippen LogP contribution in [0, 0.1) is 19.3 Å². The van der Waals surface area contributed by atoms with Gasteiger partial charge in [-0.3, -0.25) is 0 Å². The Morgan fingerprint density at radius 2 is 1.88 bits per heavy atom. The van der Waals surface area contributed by atoms with Crippen LogP contribution in [0.5, 0.6) is 0 Å². The molecule has 0 aromatic heterocycles. The summed E-state index contributed by atoms with van der Waals surface area (Å²) >= 11 is 0. The molecule has 1 aliphatic rings. The molecule has 0 bridgehead atoms. The summed E-state index contributed by atoms with van der Waals surface area (Å²) in [6, 6.07) is 7.22. The Balaban J connectivity index is 2.38. The van der Waals surface area contributed by atoms with Crippen LogP contribution in [0.25, 0.3) is 0 Å². The molecule has 2 atom stereocenters. The molecule has 1 nitrogen and oxygen atoms in total. The highest BCUT2D eigenvalue weighted by Crippen LogP contribution is 2.56. The molecule has 1 fully saturated rings. The Morgan fingerprint density at radius 3 is 2.41 bits per heavy atom. The van der Waals surface area contributed by atoms with Crippen LogP contribution in [0.15, 0.2) is 18.2 Å². The van der Waals surface area contributed by atoms with Gasteiger partial charge in [-0.15, -0.1) is 0 Å². The molecule has 0 spiro atoms. The average Bonchev–Trinajstić information content (AvgIpc) is 2.31. The van der Waals surface area contributed by atoms with E-state index in [1.807, 2.05) is 0 Å². The van der Waals surface area contributed by atoms with Gasteiger partial charge in [-0.1, -0.05) is 37.6 Å². The van der Waals surface area contributed by atoms with E-state index in [0.29, 0.717) is 17.4 Å². The predicted octanol–water partition coefficient (Wildman–Crippen LogP) is 3.92. The van der Waals surface area contributed by atoms with Crippen LogP contribution in [-0.4, -0.2) is 6.04 Å². The van der Waals surface area contributed by atoms with Gasteiger partial charge in [0.1, 0.15) is 0 Å². The molecule has 0 heterocycles. The van der Waals surface area contributed by atoms with Gasteiger partial charge in [0, 0.05) is 6.04 Å². The van der Waals surface area contributed by atoms with Crippen LogP contribution in [-0.2, 0) is 0 Å². The number of hydrogen-bond donors (Lipinski definition) is 1. The molecule has 2 rings (SSSR count). The second-order valence-electron chi connectivity index (χ2n) is 5.70. The third-order valence-electron chi connectivity index (χ3n) is 5.05. The van der Waals surface area contributed by atoms with Crippen molar-refractivity contribution < 1.29 is 0 Å². The topological polar surface area (TPSA) is 26.0 Å². The summed E-state index contributed by atoms with van der Waals surface area (Å²) < 4.78 is 0. The maximum atomic E-state index is 6.29. The highest BCUT2D eigenvalue weighted by molar-refractivity contribution is 5.37. The normalized spacial score (nSPS) is 26.6. The first kappa shape index (κ1) is 12.6. The van der Waals surface area contributed by atoms with Crippen LogP contribution >= 0.6 is 0 Å². The predicted molar refractivity (Wildman–Crippen MR) is 74.3 cm³/mol. The highest BCUT2D eigenvalue weighted by Gasteiger charge is 2.51. The molecule has 1 aliphatic carbocycles. The van der Waals surface area contributed by atoms with Gasteiger partial charge in [0.15, 0.2) is 0 Å². The SMILES string of the molecule is CCC1(CC)C(N)CC1c1cc(C)ccc1C. The minimum atomic E-state index is 0.346. The first-order valence-corrected chi connectivity index (χ1v) is 6.88. The minimum Gasteiger partial charge on any atom is -0.327 e. The molecule has 0 aliphatic heterocycles. The zero-order valence-corrected chi connectivity index (χ0v) is 11.6. The number of aryl methyl sites for hydroxylation is 2. The van der Waals surface area contributed by atoms with Crippen LogP contribution in [0.3, 0.4) is 0 Å². The highest BCUT2D eigenvalue weighted by atomic mass is 14.8. The molecule has 94 valence electrons. The lowest BCUT2D eigenvalue weighted by Crippen LogP contribution is -2.56. The molecule has 2 N–H and O–H groups in total. The van der Waals surface area contributed by atoms with E-state index in [-0.39, 0.29) is 0 Å². The van der Waals surface area contributed by atoms with Crippen molar-refractivity contribution in [3.8, 4) is 0 Å². The smallest absolute Gasteiger partial charge is 0.0107 e. The van der Waals surface area contributed by atoms with Crippen molar-refractivity contribution in [2.24, 2.45) is 11.1 Å². The Kier molecular flexibility index (Phi) is 3.31. The fourth-order valence-corrected chi connectivity index (χ4v) is 3.66. The zero-order valence-electron chi connectivity index (χ0n) is 11.6. The molecular weight excluding hydrogens is 206 g/mol. The van der Waals surface area contributed by atoms with Crippen molar-refractivity contribution in [2.45, 2.75) is 58.9 Å². The van der Waals surface area contributed by atoms with Crippen molar-refractivity contribution in [3.05, 3.63) is 34.9 Å².